The molecule has 1 aliphatic carbocycles. The van der Waals surface area contributed by atoms with E-state index in [1.54, 1.807) is 0 Å². The first-order valence-electron chi connectivity index (χ1n) is 6.77. The van der Waals surface area contributed by atoms with Gasteiger partial charge in [0.05, 0.1) is 6.10 Å². The molecule has 1 heterocycles. The summed E-state index contributed by atoms with van der Waals surface area (Å²) in [6.45, 7) is 2.34. The minimum Gasteiger partial charge on any atom is -0.391 e. The molecule has 0 aromatic carbocycles. The Labute approximate surface area is 99.4 Å². The first-order valence-corrected chi connectivity index (χ1v) is 6.77. The van der Waals surface area contributed by atoms with Crippen LogP contribution in [-0.2, 0) is 0 Å². The highest BCUT2D eigenvalue weighted by Gasteiger charge is 2.35. The predicted octanol–water partition coefficient (Wildman–Crippen LogP) is 1.32. The summed E-state index contributed by atoms with van der Waals surface area (Å²) in [5, 5.41) is 10.1. The number of hydrogen-bond donors (Lipinski definition) is 1. The zero-order valence-electron chi connectivity index (χ0n) is 10.7. The Bertz CT molecular complexity index is 220. The molecule has 0 spiro atoms. The predicted molar refractivity (Wildman–Crippen MR) is 66.5 cm³/mol. The van der Waals surface area contributed by atoms with E-state index in [-0.39, 0.29) is 6.10 Å². The first-order chi connectivity index (χ1) is 7.68. The van der Waals surface area contributed by atoms with Gasteiger partial charge in [-0.05, 0) is 46.3 Å². The molecule has 0 aromatic rings. The first kappa shape index (κ1) is 12.3. The van der Waals surface area contributed by atoms with Crippen LogP contribution in [0.3, 0.4) is 0 Å². The molecule has 0 amide bonds. The average Bonchev–Trinajstić information content (AvgIpc) is 2.66. The molecular formula is C13H26N2O. The topological polar surface area (TPSA) is 26.7 Å². The van der Waals surface area contributed by atoms with Crippen molar-refractivity contribution < 1.29 is 5.11 Å². The molecule has 1 saturated carbocycles. The third-order valence-corrected chi connectivity index (χ3v) is 4.12. The molecule has 2 fully saturated rings. The lowest BCUT2D eigenvalue weighted by Gasteiger charge is -2.39. The lowest BCUT2D eigenvalue weighted by molar-refractivity contribution is 0.00941. The highest BCUT2D eigenvalue weighted by molar-refractivity contribution is 4.91. The zero-order valence-corrected chi connectivity index (χ0v) is 10.7. The van der Waals surface area contributed by atoms with Crippen LogP contribution in [0.5, 0.6) is 0 Å². The van der Waals surface area contributed by atoms with Gasteiger partial charge in [-0.2, -0.15) is 0 Å². The number of rotatable bonds is 3. The van der Waals surface area contributed by atoms with E-state index in [1.165, 1.54) is 38.6 Å². The van der Waals surface area contributed by atoms with Gasteiger partial charge in [0.1, 0.15) is 0 Å². The summed E-state index contributed by atoms with van der Waals surface area (Å²) in [4.78, 5) is 4.86. The molecule has 1 aliphatic heterocycles. The van der Waals surface area contributed by atoms with Crippen LogP contribution in [0.1, 0.15) is 38.5 Å². The van der Waals surface area contributed by atoms with Gasteiger partial charge in [0.2, 0.25) is 0 Å². The summed E-state index contributed by atoms with van der Waals surface area (Å²) in [5.41, 5.74) is 0. The minimum absolute atomic E-state index is 0.0727. The van der Waals surface area contributed by atoms with E-state index in [2.05, 4.69) is 23.9 Å². The maximum absolute atomic E-state index is 10.1. The fourth-order valence-electron chi connectivity index (χ4n) is 3.39. The fraction of sp³-hybridized carbons (Fsp3) is 1.00. The molecule has 1 saturated heterocycles. The van der Waals surface area contributed by atoms with Crippen LogP contribution in [0.2, 0.25) is 0 Å². The van der Waals surface area contributed by atoms with Gasteiger partial charge in [-0.25, -0.2) is 0 Å². The fourth-order valence-corrected chi connectivity index (χ4v) is 3.39. The summed E-state index contributed by atoms with van der Waals surface area (Å²) < 4.78 is 0. The number of aliphatic hydroxyl groups excluding tert-OH is 1. The Morgan fingerprint density at radius 2 is 1.88 bits per heavy atom. The summed E-state index contributed by atoms with van der Waals surface area (Å²) in [6, 6.07) is 1.12. The molecule has 1 N–H and O–H groups in total. The summed E-state index contributed by atoms with van der Waals surface area (Å²) in [7, 11) is 4.29. The van der Waals surface area contributed by atoms with Crippen molar-refractivity contribution >= 4 is 0 Å². The molecule has 2 rings (SSSR count). The normalized spacial score (nSPS) is 37.1. The maximum Gasteiger partial charge on any atom is 0.0695 e. The molecule has 2 aliphatic rings. The molecule has 3 heteroatoms. The largest absolute Gasteiger partial charge is 0.391 e. The SMILES string of the molecule is CN(C)CC1CCCN1C1CCCCC1O. The van der Waals surface area contributed by atoms with E-state index in [9.17, 15) is 5.11 Å². The van der Waals surface area contributed by atoms with Crippen molar-refractivity contribution in [3.05, 3.63) is 0 Å². The van der Waals surface area contributed by atoms with E-state index in [1.807, 2.05) is 0 Å². The van der Waals surface area contributed by atoms with Crippen molar-refractivity contribution in [2.24, 2.45) is 0 Å². The average molecular weight is 226 g/mol. The quantitative estimate of drug-likeness (QED) is 0.786. The second kappa shape index (κ2) is 5.48. The van der Waals surface area contributed by atoms with Crippen LogP contribution in [0, 0.1) is 0 Å². The van der Waals surface area contributed by atoms with Gasteiger partial charge in [0, 0.05) is 18.6 Å². The van der Waals surface area contributed by atoms with Crippen molar-refractivity contribution in [1.82, 2.24) is 9.80 Å². The molecule has 3 nitrogen and oxygen atoms in total. The van der Waals surface area contributed by atoms with Gasteiger partial charge in [-0.15, -0.1) is 0 Å². The number of hydrogen-bond acceptors (Lipinski definition) is 3. The molecule has 0 bridgehead atoms. The van der Waals surface area contributed by atoms with Gasteiger partial charge < -0.3 is 10.0 Å². The van der Waals surface area contributed by atoms with E-state index < -0.39 is 0 Å². The van der Waals surface area contributed by atoms with Crippen LogP contribution in [0.25, 0.3) is 0 Å². The summed E-state index contributed by atoms with van der Waals surface area (Å²) in [6.07, 6.45) is 7.26. The maximum atomic E-state index is 10.1. The lowest BCUT2D eigenvalue weighted by Crippen LogP contribution is -2.50. The van der Waals surface area contributed by atoms with Crippen LogP contribution in [-0.4, -0.2) is 60.3 Å². The van der Waals surface area contributed by atoms with Gasteiger partial charge in [0.25, 0.3) is 0 Å². The summed E-state index contributed by atoms with van der Waals surface area (Å²) >= 11 is 0. The van der Waals surface area contributed by atoms with Crippen molar-refractivity contribution in [1.29, 1.82) is 0 Å². The molecule has 0 aromatic heterocycles. The molecule has 94 valence electrons. The van der Waals surface area contributed by atoms with Crippen LogP contribution >= 0.6 is 0 Å². The van der Waals surface area contributed by atoms with Crippen LogP contribution in [0.4, 0.5) is 0 Å². The standard InChI is InChI=1S/C13H26N2O/c1-14(2)10-11-6-5-9-15(11)12-7-3-4-8-13(12)16/h11-13,16H,3-10H2,1-2H3. The monoisotopic (exact) mass is 226 g/mol. The van der Waals surface area contributed by atoms with Crippen molar-refractivity contribution in [2.45, 2.75) is 56.7 Å². The second-order valence-corrected chi connectivity index (χ2v) is 5.72. The van der Waals surface area contributed by atoms with E-state index in [0.717, 1.165) is 13.0 Å². The Kier molecular flexibility index (Phi) is 4.22. The van der Waals surface area contributed by atoms with E-state index >= 15 is 0 Å². The van der Waals surface area contributed by atoms with Crippen LogP contribution in [0.15, 0.2) is 0 Å². The molecule has 0 radical (unpaired) electrons. The highest BCUT2D eigenvalue weighted by Crippen LogP contribution is 2.29. The number of likely N-dealkylation sites (tertiary alicyclic amines) is 1. The summed E-state index contributed by atoms with van der Waals surface area (Å²) in [5.74, 6) is 0. The minimum atomic E-state index is -0.0727. The van der Waals surface area contributed by atoms with Crippen molar-refractivity contribution in [3.8, 4) is 0 Å². The number of likely N-dealkylation sites (N-methyl/N-ethyl adjacent to an activating group) is 1. The zero-order chi connectivity index (χ0) is 11.5. The molecule has 16 heavy (non-hydrogen) atoms. The van der Waals surface area contributed by atoms with Crippen molar-refractivity contribution in [3.63, 3.8) is 0 Å². The third-order valence-electron chi connectivity index (χ3n) is 4.12. The highest BCUT2D eigenvalue weighted by atomic mass is 16.3. The van der Waals surface area contributed by atoms with Gasteiger partial charge in [0.15, 0.2) is 0 Å². The smallest absolute Gasteiger partial charge is 0.0695 e. The Balaban J connectivity index is 1.95. The van der Waals surface area contributed by atoms with E-state index in [4.69, 9.17) is 0 Å². The van der Waals surface area contributed by atoms with E-state index in [0.29, 0.717) is 12.1 Å². The Morgan fingerprint density at radius 1 is 1.12 bits per heavy atom. The Morgan fingerprint density at radius 3 is 2.56 bits per heavy atom. The number of aliphatic hydroxyl groups is 1. The lowest BCUT2D eigenvalue weighted by atomic mass is 9.91. The number of nitrogens with zero attached hydrogens (tertiary/aromatic N) is 2. The Hall–Kier alpha value is -0.120. The van der Waals surface area contributed by atoms with Gasteiger partial charge in [-0.3, -0.25) is 4.90 Å². The van der Waals surface area contributed by atoms with Crippen molar-refractivity contribution in [2.75, 3.05) is 27.2 Å². The molecule has 3 atom stereocenters. The van der Waals surface area contributed by atoms with Gasteiger partial charge in [-0.1, -0.05) is 12.8 Å². The molecule has 3 unspecified atom stereocenters. The molecular weight excluding hydrogens is 200 g/mol. The van der Waals surface area contributed by atoms with Crippen LogP contribution < -0.4 is 0 Å². The third kappa shape index (κ3) is 2.76. The van der Waals surface area contributed by atoms with Gasteiger partial charge >= 0.3 is 0 Å². The second-order valence-electron chi connectivity index (χ2n) is 5.72.